The smallest absolute Gasteiger partial charge is 0.0167 e. The van der Waals surface area contributed by atoms with E-state index >= 15 is 0 Å². The Labute approximate surface area is 71.7 Å². The van der Waals surface area contributed by atoms with Gasteiger partial charge in [0.25, 0.3) is 0 Å². The maximum atomic E-state index is 2.75. The Hall–Kier alpha value is -0.0800. The van der Waals surface area contributed by atoms with Crippen molar-refractivity contribution < 1.29 is 5.48 Å². The second-order valence-corrected chi connectivity index (χ2v) is 2.56. The van der Waals surface area contributed by atoms with E-state index in [2.05, 4.69) is 19.2 Å². The summed E-state index contributed by atoms with van der Waals surface area (Å²) in [6.07, 6.45) is 7.01. The number of unbranched alkanes of at least 4 members (excludes halogenated alkanes) is 4. The molecular weight excluding hydrogens is 138 g/mol. The summed E-state index contributed by atoms with van der Waals surface area (Å²) < 4.78 is 0. The van der Waals surface area contributed by atoms with E-state index in [4.69, 9.17) is 0 Å². The maximum absolute atomic E-state index is 2.75. The summed E-state index contributed by atoms with van der Waals surface area (Å²) >= 11 is 0. The van der Waals surface area contributed by atoms with Gasteiger partial charge in [0, 0.05) is 0 Å². The zero-order chi connectivity index (χ0) is 8.24. The van der Waals surface area contributed by atoms with Crippen LogP contribution in [0.5, 0.6) is 0 Å². The highest BCUT2D eigenvalue weighted by Gasteiger charge is 1.80. The predicted octanol–water partition coefficient (Wildman–Crippen LogP) is 1.99. The quantitative estimate of drug-likeness (QED) is 0.633. The van der Waals surface area contributed by atoms with Crippen LogP contribution >= 0.6 is 0 Å². The van der Waals surface area contributed by atoms with Gasteiger partial charge in [0.1, 0.15) is 0 Å². The first-order valence-electron chi connectivity index (χ1n) is 4.41. The van der Waals surface area contributed by atoms with Crippen LogP contribution in [0.15, 0.2) is 0 Å². The standard InChI is InChI=1S/C7H16.C2H7N.H2O/c1-3-5-7-6-4-2;1-3-2;/h3-7H2,1-2H3;3H,1-2H3;1H2. The summed E-state index contributed by atoms with van der Waals surface area (Å²) in [4.78, 5) is 0. The average molecular weight is 163 g/mol. The van der Waals surface area contributed by atoms with Gasteiger partial charge in [0.05, 0.1) is 0 Å². The van der Waals surface area contributed by atoms with Gasteiger partial charge >= 0.3 is 0 Å². The summed E-state index contributed by atoms with van der Waals surface area (Å²) in [5.74, 6) is 0. The molecule has 0 unspecified atom stereocenters. The van der Waals surface area contributed by atoms with Gasteiger partial charge in [-0.25, -0.2) is 0 Å². The summed E-state index contributed by atoms with van der Waals surface area (Å²) in [6.45, 7) is 4.49. The zero-order valence-corrected chi connectivity index (χ0v) is 8.54. The van der Waals surface area contributed by atoms with Gasteiger partial charge in [-0.2, -0.15) is 0 Å². The molecule has 0 amide bonds. The van der Waals surface area contributed by atoms with Gasteiger partial charge in [0.2, 0.25) is 0 Å². The molecule has 0 aliphatic carbocycles. The van der Waals surface area contributed by atoms with Crippen molar-refractivity contribution in [1.82, 2.24) is 5.32 Å². The van der Waals surface area contributed by atoms with Gasteiger partial charge in [-0.15, -0.1) is 0 Å². The molecule has 0 atom stereocenters. The van der Waals surface area contributed by atoms with Crippen LogP contribution in [0.3, 0.4) is 0 Å². The Bertz CT molecular complexity index is 36.5. The monoisotopic (exact) mass is 163 g/mol. The molecule has 2 nitrogen and oxygen atoms in total. The molecule has 0 fully saturated rings. The fourth-order valence-corrected chi connectivity index (χ4v) is 0.677. The Balaban J connectivity index is -0.000000140. The van der Waals surface area contributed by atoms with Gasteiger partial charge in [-0.1, -0.05) is 46.0 Å². The molecule has 0 saturated carbocycles. The van der Waals surface area contributed by atoms with Gasteiger partial charge in [0.15, 0.2) is 0 Å². The van der Waals surface area contributed by atoms with Crippen molar-refractivity contribution in [2.45, 2.75) is 46.0 Å². The molecule has 11 heavy (non-hydrogen) atoms. The highest BCUT2D eigenvalue weighted by atomic mass is 16.0. The van der Waals surface area contributed by atoms with Crippen LogP contribution in [0, 0.1) is 0 Å². The van der Waals surface area contributed by atoms with Crippen LogP contribution in [0.2, 0.25) is 0 Å². The van der Waals surface area contributed by atoms with E-state index in [1.807, 2.05) is 14.1 Å². The predicted molar refractivity (Wildman–Crippen MR) is 53.0 cm³/mol. The molecule has 2 heteroatoms. The molecule has 3 N–H and O–H groups in total. The highest BCUT2D eigenvalue weighted by molar-refractivity contribution is 4.35. The third-order valence-corrected chi connectivity index (χ3v) is 1.21. The molecule has 0 aromatic carbocycles. The summed E-state index contributed by atoms with van der Waals surface area (Å²) in [7, 11) is 3.75. The number of hydrogen-bond donors (Lipinski definition) is 1. The van der Waals surface area contributed by atoms with E-state index < -0.39 is 0 Å². The molecule has 0 saturated heterocycles. The molecule has 0 aromatic rings. The first-order valence-corrected chi connectivity index (χ1v) is 4.41. The van der Waals surface area contributed by atoms with E-state index in [0.717, 1.165) is 0 Å². The van der Waals surface area contributed by atoms with Crippen molar-refractivity contribution in [1.29, 1.82) is 0 Å². The SMILES string of the molecule is CCCCCCC.CNC.O. The lowest BCUT2D eigenvalue weighted by atomic mass is 10.2. The van der Waals surface area contributed by atoms with Gasteiger partial charge < -0.3 is 10.8 Å². The first kappa shape index (κ1) is 17.1. The minimum absolute atomic E-state index is 0. The molecule has 0 radical (unpaired) electrons. The van der Waals surface area contributed by atoms with Crippen molar-refractivity contribution in [3.05, 3.63) is 0 Å². The second kappa shape index (κ2) is 22.5. The van der Waals surface area contributed by atoms with Crippen molar-refractivity contribution in [2.24, 2.45) is 0 Å². The van der Waals surface area contributed by atoms with Crippen LogP contribution in [0.25, 0.3) is 0 Å². The lowest BCUT2D eigenvalue weighted by Crippen LogP contribution is -1.89. The van der Waals surface area contributed by atoms with Crippen LogP contribution in [-0.4, -0.2) is 19.6 Å². The Morgan fingerprint density at radius 3 is 1.27 bits per heavy atom. The fraction of sp³-hybridized carbons (Fsp3) is 1.00. The van der Waals surface area contributed by atoms with E-state index in [-0.39, 0.29) is 5.48 Å². The van der Waals surface area contributed by atoms with Gasteiger partial charge in [-0.05, 0) is 14.1 Å². The third-order valence-electron chi connectivity index (χ3n) is 1.21. The Kier molecular flexibility index (Phi) is 35.1. The van der Waals surface area contributed by atoms with Crippen molar-refractivity contribution in [3.8, 4) is 0 Å². The van der Waals surface area contributed by atoms with Crippen molar-refractivity contribution in [3.63, 3.8) is 0 Å². The van der Waals surface area contributed by atoms with Gasteiger partial charge in [-0.3, -0.25) is 0 Å². The summed E-state index contributed by atoms with van der Waals surface area (Å²) in [5, 5.41) is 2.75. The summed E-state index contributed by atoms with van der Waals surface area (Å²) in [5.41, 5.74) is 0. The Morgan fingerprint density at radius 2 is 1.09 bits per heavy atom. The molecule has 0 aliphatic rings. The normalized spacial score (nSPS) is 7.64. The fourth-order valence-electron chi connectivity index (χ4n) is 0.677. The van der Waals surface area contributed by atoms with E-state index in [1.54, 1.807) is 0 Å². The lowest BCUT2D eigenvalue weighted by Gasteiger charge is -1.90. The minimum atomic E-state index is 0. The van der Waals surface area contributed by atoms with Crippen molar-refractivity contribution in [2.75, 3.05) is 14.1 Å². The second-order valence-electron chi connectivity index (χ2n) is 2.56. The molecule has 0 spiro atoms. The topological polar surface area (TPSA) is 43.5 Å². The zero-order valence-electron chi connectivity index (χ0n) is 8.54. The molecule has 0 bridgehead atoms. The third kappa shape index (κ3) is 40.5. The van der Waals surface area contributed by atoms with Crippen LogP contribution in [0.4, 0.5) is 0 Å². The molecule has 0 aromatic heterocycles. The van der Waals surface area contributed by atoms with Crippen LogP contribution in [0.1, 0.15) is 46.0 Å². The molecule has 0 aliphatic heterocycles. The van der Waals surface area contributed by atoms with Crippen LogP contribution < -0.4 is 5.32 Å². The number of nitrogens with one attached hydrogen (secondary N) is 1. The number of rotatable bonds is 4. The first-order chi connectivity index (χ1) is 4.83. The molecular formula is C9H25NO. The average Bonchev–Trinajstić information content (AvgIpc) is 1.91. The van der Waals surface area contributed by atoms with E-state index in [1.165, 1.54) is 32.1 Å². The summed E-state index contributed by atoms with van der Waals surface area (Å²) in [6, 6.07) is 0. The van der Waals surface area contributed by atoms with E-state index in [9.17, 15) is 0 Å². The maximum Gasteiger partial charge on any atom is -0.0167 e. The largest absolute Gasteiger partial charge is 0.412 e. The Morgan fingerprint density at radius 1 is 0.818 bits per heavy atom. The lowest BCUT2D eigenvalue weighted by molar-refractivity contribution is 0.656. The van der Waals surface area contributed by atoms with E-state index in [0.29, 0.717) is 0 Å². The highest BCUT2D eigenvalue weighted by Crippen LogP contribution is 2.00. The number of hydrogen-bond acceptors (Lipinski definition) is 1. The minimum Gasteiger partial charge on any atom is -0.412 e. The molecule has 72 valence electrons. The van der Waals surface area contributed by atoms with Crippen molar-refractivity contribution >= 4 is 0 Å². The van der Waals surface area contributed by atoms with Crippen LogP contribution in [-0.2, 0) is 0 Å². The molecule has 0 heterocycles. The molecule has 0 rings (SSSR count).